The van der Waals surface area contributed by atoms with Crippen LogP contribution in [-0.2, 0) is 30.5 Å². The van der Waals surface area contributed by atoms with E-state index in [1.807, 2.05) is 22.7 Å². The zero-order valence-electron chi connectivity index (χ0n) is 37.8. The van der Waals surface area contributed by atoms with Crippen LogP contribution in [0.2, 0.25) is 0 Å². The number of aromatic nitrogens is 2. The molecule has 2 aliphatic heterocycles. The summed E-state index contributed by atoms with van der Waals surface area (Å²) >= 11 is 7.05. The highest BCUT2D eigenvalue weighted by Crippen LogP contribution is 2.43. The number of nitrogens with zero attached hydrogens (tertiary/aromatic N) is 6. The van der Waals surface area contributed by atoms with Gasteiger partial charge < -0.3 is 11.5 Å². The Morgan fingerprint density at radius 3 is 1.47 bits per heavy atom. The number of thiophene rings is 2. The largest absolute Gasteiger partial charge is 0.375 e. The zero-order chi connectivity index (χ0) is 43.7. The third kappa shape index (κ3) is 9.61. The van der Waals surface area contributed by atoms with E-state index in [0.29, 0.717) is 40.0 Å². The van der Waals surface area contributed by atoms with Crippen LogP contribution in [0.1, 0.15) is 108 Å². The molecule has 2 saturated heterocycles. The van der Waals surface area contributed by atoms with Crippen molar-refractivity contribution in [2.24, 2.45) is 11.8 Å². The van der Waals surface area contributed by atoms with Gasteiger partial charge in [0.1, 0.15) is 12.1 Å². The first-order valence-corrected chi connectivity index (χ1v) is 27.5. The number of carbonyl (C=O) groups is 1. The predicted octanol–water partition coefficient (Wildman–Crippen LogP) is 10.5. The van der Waals surface area contributed by atoms with Gasteiger partial charge in [0, 0.05) is 54.1 Å². The molecule has 6 heterocycles. The van der Waals surface area contributed by atoms with E-state index < -0.39 is 0 Å². The molecule has 6 aromatic rings. The van der Waals surface area contributed by atoms with Gasteiger partial charge in [0.05, 0.1) is 11.4 Å². The second kappa shape index (κ2) is 19.9. The number of Topliss-reactive ketones (excluding diaryl/α,β-unsaturated/α-hetero) is 1. The van der Waals surface area contributed by atoms with Crippen molar-refractivity contribution in [1.29, 1.82) is 0 Å². The van der Waals surface area contributed by atoms with Crippen molar-refractivity contribution in [1.82, 2.24) is 29.6 Å². The number of likely N-dealkylation sites (tertiary alicyclic amines) is 2. The molecule has 0 saturated carbocycles. The molecule has 4 atom stereocenters. The summed E-state index contributed by atoms with van der Waals surface area (Å²) in [6.07, 6.45) is 13.3. The van der Waals surface area contributed by atoms with Gasteiger partial charge in [-0.2, -0.15) is 0 Å². The summed E-state index contributed by atoms with van der Waals surface area (Å²) in [7, 11) is 0. The number of nitrogen functional groups attached to an aromatic ring is 2. The molecule has 13 heteroatoms. The van der Waals surface area contributed by atoms with E-state index in [2.05, 4.69) is 104 Å². The summed E-state index contributed by atoms with van der Waals surface area (Å²) in [4.78, 5) is 41.2. The highest BCUT2D eigenvalue weighted by Gasteiger charge is 2.42. The number of rotatable bonds is 16. The minimum atomic E-state index is -0.274. The smallest absolute Gasteiger partial charge is 0.180 e. The number of thiazole rings is 2. The van der Waals surface area contributed by atoms with Crippen LogP contribution in [0, 0.1) is 11.8 Å². The maximum absolute atomic E-state index is 16.0. The Labute approximate surface area is 395 Å². The molecule has 2 aliphatic carbocycles. The first-order valence-electron chi connectivity index (χ1n) is 24.2. The van der Waals surface area contributed by atoms with Crippen molar-refractivity contribution < 1.29 is 4.79 Å². The molecule has 9 nitrogen and oxygen atoms in total. The fourth-order valence-corrected chi connectivity index (χ4v) is 16.0. The number of piperidine rings is 2. The molecule has 2 aromatic carbocycles. The number of benzene rings is 2. The van der Waals surface area contributed by atoms with Crippen molar-refractivity contribution in [3.05, 3.63) is 91.6 Å². The van der Waals surface area contributed by atoms with Crippen LogP contribution < -0.4 is 11.5 Å². The summed E-state index contributed by atoms with van der Waals surface area (Å²) < 4.78 is 2.53. The maximum atomic E-state index is 16.0. The van der Waals surface area contributed by atoms with E-state index >= 15 is 4.79 Å². The number of hydrogen-bond donors (Lipinski definition) is 2. The van der Waals surface area contributed by atoms with Gasteiger partial charge in [0.2, 0.25) is 0 Å². The molecule has 2 unspecified atom stereocenters. The molecule has 4 aromatic heterocycles. The average Bonchev–Trinajstić information content (AvgIpc) is 4.10. The molecule has 2 fully saturated rings. The minimum Gasteiger partial charge on any atom is -0.375 e. The third-order valence-corrected chi connectivity index (χ3v) is 19.1. The van der Waals surface area contributed by atoms with Gasteiger partial charge in [0.15, 0.2) is 16.0 Å². The van der Waals surface area contributed by atoms with E-state index in [1.165, 1.54) is 51.1 Å². The number of carbonyl (C=O) groups excluding carboxylic acids is 1. The highest BCUT2D eigenvalue weighted by molar-refractivity contribution is 7.19. The van der Waals surface area contributed by atoms with Crippen LogP contribution in [0.5, 0.6) is 0 Å². The van der Waals surface area contributed by atoms with Gasteiger partial charge in [-0.05, 0) is 163 Å². The molecular weight excluding hydrogens is 869 g/mol. The lowest BCUT2D eigenvalue weighted by atomic mass is 9.89. The summed E-state index contributed by atoms with van der Waals surface area (Å²) in [6, 6.07) is 22.7. The lowest BCUT2D eigenvalue weighted by Crippen LogP contribution is -2.49. The highest BCUT2D eigenvalue weighted by atomic mass is 32.1. The number of fused-ring (bicyclic) bond motifs is 4. The van der Waals surface area contributed by atoms with Gasteiger partial charge >= 0.3 is 0 Å². The van der Waals surface area contributed by atoms with E-state index in [1.54, 1.807) is 22.7 Å². The molecule has 0 amide bonds. The van der Waals surface area contributed by atoms with Crippen LogP contribution in [0.3, 0.4) is 0 Å². The average molecular weight is 935 g/mol. The van der Waals surface area contributed by atoms with E-state index in [0.717, 1.165) is 129 Å². The van der Waals surface area contributed by atoms with Crippen molar-refractivity contribution >= 4 is 81.6 Å². The van der Waals surface area contributed by atoms with E-state index in [4.69, 9.17) is 11.5 Å². The standard InChI is InChI=1S/C51H66N8OS4/c1-3-21-58(37-13-15-39-43(29-37)63-50(52)54-39)31-33-17-23-56(24-18-33)47(45-27-35-9-5-7-11-41(35)61-45)49(60)48(46-28-36-10-6-8-12-42(36)62-46)57-25-19-34(20-26-57)32-59(22-4-2)38-14-16-40-44(30-38)64-51(53)55-40/h5-12,27-28,33-34,37-38,47-48H,3-4,13-26,29-32H2,1-2H3,(H2,52,54)(H2,53,55)/t37?,38?,47-,48-/m1/s1. The summed E-state index contributed by atoms with van der Waals surface area (Å²) in [5.41, 5.74) is 14.8. The van der Waals surface area contributed by atoms with Gasteiger partial charge in [-0.15, -0.1) is 45.3 Å². The number of nitrogens with two attached hydrogens (primary N) is 2. The number of aryl methyl sites for hydroxylation is 2. The van der Waals surface area contributed by atoms with Gasteiger partial charge in [-0.3, -0.25) is 24.4 Å². The van der Waals surface area contributed by atoms with Crippen LogP contribution in [-0.4, -0.2) is 99.8 Å². The molecule has 0 bridgehead atoms. The molecular formula is C51H66N8OS4. The first kappa shape index (κ1) is 44.6. The Kier molecular flexibility index (Phi) is 13.9. The fourth-order valence-electron chi connectivity index (χ4n) is 11.7. The number of hydrogen-bond acceptors (Lipinski definition) is 13. The minimum absolute atomic E-state index is 0.274. The normalized spacial score (nSPS) is 21.5. The predicted molar refractivity (Wildman–Crippen MR) is 271 cm³/mol. The summed E-state index contributed by atoms with van der Waals surface area (Å²) in [5.74, 6) is 1.60. The Balaban J connectivity index is 0.882. The Hall–Kier alpha value is -3.27. The van der Waals surface area contributed by atoms with E-state index in [-0.39, 0.29) is 12.1 Å². The number of ketones is 1. The molecule has 340 valence electrons. The molecule has 4 N–H and O–H groups in total. The third-order valence-electron chi connectivity index (χ3n) is 14.9. The maximum Gasteiger partial charge on any atom is 0.180 e. The molecule has 64 heavy (non-hydrogen) atoms. The van der Waals surface area contributed by atoms with E-state index in [9.17, 15) is 0 Å². The Morgan fingerprint density at radius 2 is 1.06 bits per heavy atom. The van der Waals surface area contributed by atoms with Gasteiger partial charge in [0.25, 0.3) is 0 Å². The van der Waals surface area contributed by atoms with Crippen molar-refractivity contribution in [2.75, 3.05) is 63.8 Å². The van der Waals surface area contributed by atoms with Crippen molar-refractivity contribution in [3.63, 3.8) is 0 Å². The number of anilines is 2. The molecule has 0 spiro atoms. The van der Waals surface area contributed by atoms with Crippen LogP contribution in [0.4, 0.5) is 10.3 Å². The monoisotopic (exact) mass is 934 g/mol. The zero-order valence-corrected chi connectivity index (χ0v) is 41.0. The lowest BCUT2D eigenvalue weighted by Gasteiger charge is -2.43. The van der Waals surface area contributed by atoms with Crippen LogP contribution in [0.15, 0.2) is 60.7 Å². The Morgan fingerprint density at radius 1 is 0.641 bits per heavy atom. The van der Waals surface area contributed by atoms with Crippen LogP contribution in [0.25, 0.3) is 20.2 Å². The van der Waals surface area contributed by atoms with Gasteiger partial charge in [-0.1, -0.05) is 50.2 Å². The molecule has 0 radical (unpaired) electrons. The lowest BCUT2D eigenvalue weighted by molar-refractivity contribution is -0.131. The fraction of sp³-hybridized carbons (Fsp3) is 0.549. The second-order valence-electron chi connectivity index (χ2n) is 19.2. The first-order chi connectivity index (χ1) is 31.3. The topological polar surface area (TPSA) is 108 Å². The van der Waals surface area contributed by atoms with Crippen molar-refractivity contribution in [2.45, 2.75) is 115 Å². The summed E-state index contributed by atoms with van der Waals surface area (Å²) in [5, 5.41) is 3.92. The van der Waals surface area contributed by atoms with Gasteiger partial charge in [-0.25, -0.2) is 9.97 Å². The molecule has 10 rings (SSSR count). The second-order valence-corrected chi connectivity index (χ2v) is 23.6. The summed E-state index contributed by atoms with van der Waals surface area (Å²) in [6.45, 7) is 12.9. The quantitative estimate of drug-likeness (QED) is 0.0981. The van der Waals surface area contributed by atoms with Crippen LogP contribution >= 0.6 is 45.3 Å². The Bertz CT molecular complexity index is 2270. The SMILES string of the molecule is CCCN(CC1CCN([C@@H](C(=O)[C@@H](c2cc3ccccc3s2)N2CCC(CN(CCC)C3CCc4nc(N)sc4C3)CC2)c2cc3ccccc3s2)CC1)C1CCc2nc(N)sc2C1. The van der Waals surface area contributed by atoms with Crippen molar-refractivity contribution in [3.8, 4) is 0 Å². The molecule has 4 aliphatic rings.